The molecule has 1 aliphatic rings. The standard InChI is InChI=1S/C15H14ClFN2O2/c16-10-7-12(18)13(8-11(10)17)19-9-2-3-14-15(6-9)21-5-1-4-20-14/h2-3,6-8,19H,1,4-5,18H2. The van der Waals surface area contributed by atoms with E-state index in [1.165, 1.54) is 12.1 Å². The van der Waals surface area contributed by atoms with Crippen molar-refractivity contribution in [3.05, 3.63) is 41.2 Å². The molecule has 2 aromatic carbocycles. The molecule has 0 radical (unpaired) electrons. The molecule has 0 bridgehead atoms. The second-order valence-electron chi connectivity index (χ2n) is 4.69. The highest BCUT2D eigenvalue weighted by molar-refractivity contribution is 6.31. The van der Waals surface area contributed by atoms with E-state index in [9.17, 15) is 4.39 Å². The largest absolute Gasteiger partial charge is 0.490 e. The number of halogens is 2. The number of fused-ring (bicyclic) bond motifs is 1. The van der Waals surface area contributed by atoms with Crippen molar-refractivity contribution >= 4 is 28.7 Å². The predicted octanol–water partition coefficient (Wildman–Crippen LogP) is 3.97. The zero-order valence-electron chi connectivity index (χ0n) is 11.2. The SMILES string of the molecule is Nc1cc(Cl)c(F)cc1Nc1ccc2c(c1)OCCCO2. The van der Waals surface area contributed by atoms with Gasteiger partial charge in [0.2, 0.25) is 0 Å². The van der Waals surface area contributed by atoms with Crippen molar-refractivity contribution in [2.45, 2.75) is 6.42 Å². The summed E-state index contributed by atoms with van der Waals surface area (Å²) in [5.74, 6) is 0.835. The molecule has 0 aliphatic carbocycles. The smallest absolute Gasteiger partial charge is 0.163 e. The van der Waals surface area contributed by atoms with Gasteiger partial charge in [-0.25, -0.2) is 4.39 Å². The topological polar surface area (TPSA) is 56.5 Å². The molecule has 0 unspecified atom stereocenters. The van der Waals surface area contributed by atoms with E-state index < -0.39 is 5.82 Å². The maximum Gasteiger partial charge on any atom is 0.163 e. The van der Waals surface area contributed by atoms with Crippen LogP contribution < -0.4 is 20.5 Å². The Morgan fingerprint density at radius 2 is 1.86 bits per heavy atom. The summed E-state index contributed by atoms with van der Waals surface area (Å²) in [6.07, 6.45) is 0.840. The minimum absolute atomic E-state index is 0.00304. The molecule has 3 N–H and O–H groups in total. The van der Waals surface area contributed by atoms with Gasteiger partial charge in [-0.15, -0.1) is 0 Å². The van der Waals surface area contributed by atoms with Crippen molar-refractivity contribution in [2.75, 3.05) is 24.3 Å². The molecule has 1 heterocycles. The first-order valence-corrected chi connectivity index (χ1v) is 6.92. The first-order chi connectivity index (χ1) is 10.1. The Hall–Kier alpha value is -2.14. The number of ether oxygens (including phenoxy) is 2. The normalized spacial score (nSPS) is 13.6. The van der Waals surface area contributed by atoms with Gasteiger partial charge in [0.15, 0.2) is 11.5 Å². The molecule has 0 spiro atoms. The van der Waals surface area contributed by atoms with Crippen LogP contribution in [0.3, 0.4) is 0 Å². The third kappa shape index (κ3) is 2.97. The van der Waals surface area contributed by atoms with E-state index in [1.807, 2.05) is 12.1 Å². The number of anilines is 3. The van der Waals surface area contributed by atoms with E-state index in [-0.39, 0.29) is 5.02 Å². The fourth-order valence-corrected chi connectivity index (χ4v) is 2.24. The Bertz CT molecular complexity index is 679. The molecule has 3 rings (SSSR count). The molecule has 0 aromatic heterocycles. The van der Waals surface area contributed by atoms with Crippen LogP contribution in [-0.4, -0.2) is 13.2 Å². The van der Waals surface area contributed by atoms with Crippen molar-refractivity contribution in [3.63, 3.8) is 0 Å². The van der Waals surface area contributed by atoms with Crippen LogP contribution >= 0.6 is 11.6 Å². The number of hydrogen-bond donors (Lipinski definition) is 2. The number of benzene rings is 2. The lowest BCUT2D eigenvalue weighted by molar-refractivity contribution is 0.297. The van der Waals surface area contributed by atoms with Crippen molar-refractivity contribution in [3.8, 4) is 11.5 Å². The number of rotatable bonds is 2. The maximum absolute atomic E-state index is 13.5. The third-order valence-corrected chi connectivity index (χ3v) is 3.41. The first-order valence-electron chi connectivity index (χ1n) is 6.54. The predicted molar refractivity (Wildman–Crippen MR) is 81.2 cm³/mol. The molecule has 6 heteroatoms. The summed E-state index contributed by atoms with van der Waals surface area (Å²) in [4.78, 5) is 0. The first kappa shape index (κ1) is 13.8. The number of nitrogens with one attached hydrogen (secondary N) is 1. The van der Waals surface area contributed by atoms with Crippen LogP contribution in [0, 0.1) is 5.82 Å². The molecule has 0 amide bonds. The van der Waals surface area contributed by atoms with E-state index in [0.717, 1.165) is 12.1 Å². The van der Waals surface area contributed by atoms with Gasteiger partial charge in [-0.1, -0.05) is 11.6 Å². The zero-order chi connectivity index (χ0) is 14.8. The monoisotopic (exact) mass is 308 g/mol. The van der Waals surface area contributed by atoms with Crippen LogP contribution in [0.15, 0.2) is 30.3 Å². The van der Waals surface area contributed by atoms with E-state index >= 15 is 0 Å². The number of nitrogen functional groups attached to an aromatic ring is 1. The summed E-state index contributed by atoms with van der Waals surface area (Å²) in [7, 11) is 0. The third-order valence-electron chi connectivity index (χ3n) is 3.12. The lowest BCUT2D eigenvalue weighted by Gasteiger charge is -2.13. The molecule has 21 heavy (non-hydrogen) atoms. The van der Waals surface area contributed by atoms with Gasteiger partial charge in [-0.3, -0.25) is 0 Å². The van der Waals surface area contributed by atoms with Gasteiger partial charge in [0.05, 0.1) is 29.6 Å². The summed E-state index contributed by atoms with van der Waals surface area (Å²) >= 11 is 5.68. The molecule has 1 aliphatic heterocycles. The van der Waals surface area contributed by atoms with Crippen molar-refractivity contribution in [2.24, 2.45) is 0 Å². The second kappa shape index (κ2) is 5.69. The molecule has 2 aromatic rings. The highest BCUT2D eigenvalue weighted by Gasteiger charge is 2.12. The van der Waals surface area contributed by atoms with E-state index in [2.05, 4.69) is 5.32 Å². The van der Waals surface area contributed by atoms with Crippen LogP contribution in [0.1, 0.15) is 6.42 Å². The van der Waals surface area contributed by atoms with E-state index in [0.29, 0.717) is 36.1 Å². The van der Waals surface area contributed by atoms with Crippen LogP contribution in [0.2, 0.25) is 5.02 Å². The van der Waals surface area contributed by atoms with Gasteiger partial charge in [-0.05, 0) is 18.2 Å². The maximum atomic E-state index is 13.5. The Labute approximate surface area is 126 Å². The van der Waals surface area contributed by atoms with E-state index in [1.54, 1.807) is 6.07 Å². The lowest BCUT2D eigenvalue weighted by atomic mass is 10.2. The Balaban J connectivity index is 1.88. The fourth-order valence-electron chi connectivity index (χ4n) is 2.07. The van der Waals surface area contributed by atoms with Crippen LogP contribution in [0.25, 0.3) is 0 Å². The summed E-state index contributed by atoms with van der Waals surface area (Å²) in [5.41, 5.74) is 7.38. The minimum atomic E-state index is -0.525. The quantitative estimate of drug-likeness (QED) is 0.824. The summed E-state index contributed by atoms with van der Waals surface area (Å²) in [6, 6.07) is 8.07. The van der Waals surface area contributed by atoms with Crippen molar-refractivity contribution in [1.82, 2.24) is 0 Å². The van der Waals surface area contributed by atoms with Gasteiger partial charge in [0.25, 0.3) is 0 Å². The Morgan fingerprint density at radius 3 is 2.67 bits per heavy atom. The second-order valence-corrected chi connectivity index (χ2v) is 5.10. The summed E-state index contributed by atoms with van der Waals surface area (Å²) < 4.78 is 24.7. The van der Waals surface area contributed by atoms with Crippen molar-refractivity contribution < 1.29 is 13.9 Å². The molecular weight excluding hydrogens is 295 g/mol. The van der Waals surface area contributed by atoms with Crippen LogP contribution in [-0.2, 0) is 0 Å². The highest BCUT2D eigenvalue weighted by Crippen LogP contribution is 2.35. The lowest BCUT2D eigenvalue weighted by Crippen LogP contribution is -1.99. The molecular formula is C15H14ClFN2O2. The van der Waals surface area contributed by atoms with Gasteiger partial charge in [0.1, 0.15) is 5.82 Å². The average Bonchev–Trinajstić information content (AvgIpc) is 2.69. The van der Waals surface area contributed by atoms with Crippen LogP contribution in [0.4, 0.5) is 21.5 Å². The van der Waals surface area contributed by atoms with Gasteiger partial charge >= 0.3 is 0 Å². The highest BCUT2D eigenvalue weighted by atomic mass is 35.5. The Kier molecular flexibility index (Phi) is 3.75. The van der Waals surface area contributed by atoms with Crippen molar-refractivity contribution in [1.29, 1.82) is 0 Å². The van der Waals surface area contributed by atoms with Gasteiger partial charge in [0, 0.05) is 24.2 Å². The number of nitrogens with two attached hydrogens (primary N) is 1. The zero-order valence-corrected chi connectivity index (χ0v) is 11.9. The van der Waals surface area contributed by atoms with Gasteiger partial charge in [-0.2, -0.15) is 0 Å². The van der Waals surface area contributed by atoms with Gasteiger partial charge < -0.3 is 20.5 Å². The fraction of sp³-hybridized carbons (Fsp3) is 0.200. The molecule has 0 saturated heterocycles. The minimum Gasteiger partial charge on any atom is -0.490 e. The summed E-state index contributed by atoms with van der Waals surface area (Å²) in [5, 5.41) is 3.05. The summed E-state index contributed by atoms with van der Waals surface area (Å²) in [6.45, 7) is 1.24. The molecule has 0 atom stereocenters. The van der Waals surface area contributed by atoms with Crippen LogP contribution in [0.5, 0.6) is 11.5 Å². The Morgan fingerprint density at radius 1 is 1.10 bits per heavy atom. The number of hydrogen-bond acceptors (Lipinski definition) is 4. The molecule has 0 fully saturated rings. The molecule has 4 nitrogen and oxygen atoms in total. The van der Waals surface area contributed by atoms with E-state index in [4.69, 9.17) is 26.8 Å². The average molecular weight is 309 g/mol. The molecule has 0 saturated carbocycles. The molecule has 110 valence electrons.